The van der Waals surface area contributed by atoms with Crippen molar-refractivity contribution in [2.24, 2.45) is 5.84 Å². The smallest absolute Gasteiger partial charge is 0.123 e. The van der Waals surface area contributed by atoms with E-state index < -0.39 is 0 Å². The van der Waals surface area contributed by atoms with Gasteiger partial charge in [-0.2, -0.15) is 0 Å². The van der Waals surface area contributed by atoms with Gasteiger partial charge in [-0.25, -0.2) is 15.2 Å². The van der Waals surface area contributed by atoms with Crippen LogP contribution in [0.2, 0.25) is 0 Å². The predicted octanol–water partition coefficient (Wildman–Crippen LogP) is 2.47. The third-order valence-electron chi connectivity index (χ3n) is 2.16. The molecule has 0 saturated carbocycles. The average molecular weight is 237 g/mol. The Morgan fingerprint density at radius 3 is 2.62 bits per heavy atom. The van der Waals surface area contributed by atoms with Crippen molar-refractivity contribution in [2.75, 3.05) is 5.01 Å². The normalized spacial score (nSPS) is 10.4. The molecule has 0 radical (unpaired) electrons. The standard InChI is InChI=1S/C11H12FN3S/c1-8-14-10(7-16-8)6-15(13)11-4-2-9(12)3-5-11/h2-5,7H,6,13H2,1H3. The van der Waals surface area contributed by atoms with Gasteiger partial charge in [-0.1, -0.05) is 0 Å². The number of nitrogens with zero attached hydrogens (tertiary/aromatic N) is 2. The second-order valence-electron chi connectivity index (χ2n) is 3.46. The molecule has 0 aliphatic heterocycles. The van der Waals surface area contributed by atoms with Crippen LogP contribution in [-0.4, -0.2) is 4.98 Å². The van der Waals surface area contributed by atoms with E-state index in [4.69, 9.17) is 5.84 Å². The molecule has 0 aliphatic carbocycles. The fraction of sp³-hybridized carbons (Fsp3) is 0.182. The van der Waals surface area contributed by atoms with Gasteiger partial charge >= 0.3 is 0 Å². The Morgan fingerprint density at radius 1 is 1.38 bits per heavy atom. The van der Waals surface area contributed by atoms with Gasteiger partial charge in [-0.15, -0.1) is 11.3 Å². The molecule has 2 aromatic rings. The average Bonchev–Trinajstić information content (AvgIpc) is 2.65. The Bertz CT molecular complexity index is 466. The molecular weight excluding hydrogens is 225 g/mol. The van der Waals surface area contributed by atoms with E-state index in [-0.39, 0.29) is 5.82 Å². The van der Waals surface area contributed by atoms with Gasteiger partial charge in [0.1, 0.15) is 5.82 Å². The molecular formula is C11H12FN3S. The third kappa shape index (κ3) is 2.56. The lowest BCUT2D eigenvalue weighted by Gasteiger charge is -2.17. The topological polar surface area (TPSA) is 42.2 Å². The van der Waals surface area contributed by atoms with Gasteiger partial charge in [0.25, 0.3) is 0 Å². The minimum atomic E-state index is -0.262. The summed E-state index contributed by atoms with van der Waals surface area (Å²) in [7, 11) is 0. The van der Waals surface area contributed by atoms with E-state index in [1.807, 2.05) is 12.3 Å². The van der Waals surface area contributed by atoms with Gasteiger partial charge in [0, 0.05) is 5.38 Å². The van der Waals surface area contributed by atoms with E-state index in [9.17, 15) is 4.39 Å². The number of aryl methyl sites for hydroxylation is 1. The zero-order valence-electron chi connectivity index (χ0n) is 8.85. The summed E-state index contributed by atoms with van der Waals surface area (Å²) in [4.78, 5) is 4.32. The van der Waals surface area contributed by atoms with Gasteiger partial charge in [0.15, 0.2) is 0 Å². The van der Waals surface area contributed by atoms with Crippen molar-refractivity contribution in [3.63, 3.8) is 0 Å². The van der Waals surface area contributed by atoms with Crippen molar-refractivity contribution in [3.05, 3.63) is 46.2 Å². The van der Waals surface area contributed by atoms with Crippen LogP contribution in [0, 0.1) is 12.7 Å². The molecule has 0 amide bonds. The molecule has 16 heavy (non-hydrogen) atoms. The molecule has 2 N–H and O–H groups in total. The lowest BCUT2D eigenvalue weighted by Crippen LogP contribution is -2.30. The zero-order chi connectivity index (χ0) is 11.5. The molecule has 3 nitrogen and oxygen atoms in total. The molecule has 5 heteroatoms. The molecule has 0 fully saturated rings. The van der Waals surface area contributed by atoms with Crippen LogP contribution < -0.4 is 10.9 Å². The quantitative estimate of drug-likeness (QED) is 0.658. The maximum atomic E-state index is 12.7. The number of anilines is 1. The molecule has 0 atom stereocenters. The van der Waals surface area contributed by atoms with Crippen molar-refractivity contribution in [1.29, 1.82) is 0 Å². The van der Waals surface area contributed by atoms with Crippen LogP contribution in [0.25, 0.3) is 0 Å². The Labute approximate surface area is 97.3 Å². The summed E-state index contributed by atoms with van der Waals surface area (Å²) in [5.41, 5.74) is 1.70. The zero-order valence-corrected chi connectivity index (χ0v) is 9.67. The van der Waals surface area contributed by atoms with Crippen LogP contribution in [0.15, 0.2) is 29.6 Å². The summed E-state index contributed by atoms with van der Waals surface area (Å²) in [6, 6.07) is 6.08. The van der Waals surface area contributed by atoms with Crippen molar-refractivity contribution in [2.45, 2.75) is 13.5 Å². The molecule has 1 aromatic carbocycles. The summed E-state index contributed by atoms with van der Waals surface area (Å²) in [5.74, 6) is 5.60. The number of aromatic nitrogens is 1. The first-order valence-electron chi connectivity index (χ1n) is 4.84. The molecule has 2 rings (SSSR count). The summed E-state index contributed by atoms with van der Waals surface area (Å²) in [5, 5.41) is 4.54. The Kier molecular flexibility index (Phi) is 3.17. The number of hydrogen-bond donors (Lipinski definition) is 1. The van der Waals surface area contributed by atoms with Crippen molar-refractivity contribution in [1.82, 2.24) is 4.98 Å². The van der Waals surface area contributed by atoms with E-state index in [1.165, 1.54) is 12.1 Å². The van der Waals surface area contributed by atoms with Gasteiger partial charge in [0.05, 0.1) is 22.9 Å². The number of rotatable bonds is 3. The number of hydrazine groups is 1. The summed E-state index contributed by atoms with van der Waals surface area (Å²) in [6.07, 6.45) is 0. The van der Waals surface area contributed by atoms with E-state index in [0.29, 0.717) is 6.54 Å². The van der Waals surface area contributed by atoms with E-state index in [2.05, 4.69) is 4.98 Å². The fourth-order valence-electron chi connectivity index (χ4n) is 1.38. The number of halogens is 1. The monoisotopic (exact) mass is 237 g/mol. The molecule has 0 aliphatic rings. The van der Waals surface area contributed by atoms with Crippen molar-refractivity contribution in [3.8, 4) is 0 Å². The van der Waals surface area contributed by atoms with E-state index in [0.717, 1.165) is 16.4 Å². The highest BCUT2D eigenvalue weighted by molar-refractivity contribution is 7.09. The Balaban J connectivity index is 2.08. The molecule has 0 spiro atoms. The second kappa shape index (κ2) is 4.59. The minimum absolute atomic E-state index is 0.262. The lowest BCUT2D eigenvalue weighted by molar-refractivity contribution is 0.627. The van der Waals surface area contributed by atoms with Crippen LogP contribution in [-0.2, 0) is 6.54 Å². The molecule has 1 aromatic heterocycles. The highest BCUT2D eigenvalue weighted by Crippen LogP contribution is 2.15. The highest BCUT2D eigenvalue weighted by Gasteiger charge is 2.05. The first-order valence-corrected chi connectivity index (χ1v) is 5.72. The van der Waals surface area contributed by atoms with Crippen LogP contribution in [0.4, 0.5) is 10.1 Å². The number of hydrogen-bond acceptors (Lipinski definition) is 4. The summed E-state index contributed by atoms with van der Waals surface area (Å²) in [6.45, 7) is 2.48. The highest BCUT2D eigenvalue weighted by atomic mass is 32.1. The van der Waals surface area contributed by atoms with Crippen LogP contribution in [0.3, 0.4) is 0 Å². The second-order valence-corrected chi connectivity index (χ2v) is 4.52. The molecule has 84 valence electrons. The first-order chi connectivity index (χ1) is 7.65. The SMILES string of the molecule is Cc1nc(CN(N)c2ccc(F)cc2)cs1. The van der Waals surface area contributed by atoms with Gasteiger partial charge in [-0.3, -0.25) is 0 Å². The molecule has 0 saturated heterocycles. The van der Waals surface area contributed by atoms with Crippen LogP contribution in [0.1, 0.15) is 10.7 Å². The number of nitrogens with two attached hydrogens (primary N) is 1. The molecule has 0 unspecified atom stereocenters. The Hall–Kier alpha value is -1.46. The van der Waals surface area contributed by atoms with Crippen molar-refractivity contribution >= 4 is 17.0 Å². The third-order valence-corrected chi connectivity index (χ3v) is 2.98. The molecule has 0 bridgehead atoms. The summed E-state index contributed by atoms with van der Waals surface area (Å²) >= 11 is 1.59. The molecule has 1 heterocycles. The van der Waals surface area contributed by atoms with Gasteiger partial charge < -0.3 is 5.01 Å². The van der Waals surface area contributed by atoms with Crippen molar-refractivity contribution < 1.29 is 4.39 Å². The largest absolute Gasteiger partial charge is 0.305 e. The maximum absolute atomic E-state index is 12.7. The summed E-state index contributed by atoms with van der Waals surface area (Å²) < 4.78 is 12.7. The van der Waals surface area contributed by atoms with E-state index in [1.54, 1.807) is 28.5 Å². The predicted molar refractivity (Wildman–Crippen MR) is 63.6 cm³/mol. The van der Waals surface area contributed by atoms with Crippen LogP contribution in [0.5, 0.6) is 0 Å². The number of thiazole rings is 1. The van der Waals surface area contributed by atoms with Crippen LogP contribution >= 0.6 is 11.3 Å². The first kappa shape index (κ1) is 11.0. The lowest BCUT2D eigenvalue weighted by atomic mass is 10.3. The number of benzene rings is 1. The van der Waals surface area contributed by atoms with Gasteiger partial charge in [-0.05, 0) is 31.2 Å². The Morgan fingerprint density at radius 2 is 2.06 bits per heavy atom. The minimum Gasteiger partial charge on any atom is -0.305 e. The van der Waals surface area contributed by atoms with E-state index >= 15 is 0 Å². The maximum Gasteiger partial charge on any atom is 0.123 e. The fourth-order valence-corrected chi connectivity index (χ4v) is 1.98. The van der Waals surface area contributed by atoms with Gasteiger partial charge in [0.2, 0.25) is 0 Å².